The summed E-state index contributed by atoms with van der Waals surface area (Å²) in [6.07, 6.45) is -0.697. The van der Waals surface area contributed by atoms with Gasteiger partial charge in [0.15, 0.2) is 6.17 Å². The van der Waals surface area contributed by atoms with Crippen molar-refractivity contribution in [3.8, 4) is 0 Å². The summed E-state index contributed by atoms with van der Waals surface area (Å²) in [6, 6.07) is 25.0. The van der Waals surface area contributed by atoms with Gasteiger partial charge in [0.1, 0.15) is 4.99 Å². The Morgan fingerprint density at radius 3 is 2.55 bits per heavy atom. The number of fused-ring (bicyclic) bond motifs is 1. The normalized spacial score (nSPS) is 15.4. The molecule has 0 bridgehead atoms. The molecule has 1 heterocycles. The van der Waals surface area contributed by atoms with Gasteiger partial charge in [0.2, 0.25) is 0 Å². The number of aliphatic imine (C=N–C) groups is 1. The first-order valence-corrected chi connectivity index (χ1v) is 9.69. The number of aryl methyl sites for hydroxylation is 1. The van der Waals surface area contributed by atoms with Crippen molar-refractivity contribution in [3.63, 3.8) is 0 Å². The molecule has 3 aromatic rings. The third-order valence-corrected chi connectivity index (χ3v) is 4.86. The van der Waals surface area contributed by atoms with E-state index in [0.717, 1.165) is 28.1 Å². The summed E-state index contributed by atoms with van der Waals surface area (Å²) in [7, 11) is 0. The van der Waals surface area contributed by atoms with E-state index in [1.165, 1.54) is 0 Å². The summed E-state index contributed by atoms with van der Waals surface area (Å²) in [6.45, 7) is 1.97. The number of amides is 2. The van der Waals surface area contributed by atoms with Crippen LogP contribution in [0.1, 0.15) is 16.7 Å². The summed E-state index contributed by atoms with van der Waals surface area (Å²) in [5.41, 5.74) is 5.31. The molecule has 3 aromatic carbocycles. The van der Waals surface area contributed by atoms with Crippen LogP contribution in [0.25, 0.3) is 0 Å². The lowest BCUT2D eigenvalue weighted by Gasteiger charge is -2.16. The van der Waals surface area contributed by atoms with Crippen LogP contribution in [0.3, 0.4) is 0 Å². The fraction of sp³-hybridized carbons (Fsp3) is 0.0870. The highest BCUT2D eigenvalue weighted by atomic mass is 32.1. The summed E-state index contributed by atoms with van der Waals surface area (Å²) in [4.78, 5) is 17.8. The fourth-order valence-corrected chi connectivity index (χ4v) is 3.42. The fourth-order valence-electron chi connectivity index (χ4n) is 3.20. The average Bonchev–Trinajstić information content (AvgIpc) is 2.85. The SMILES string of the molecule is Cc1cccc(NC(=O)N[C@H]2N=C(c3ccccc3)c3ccccc3NC2=S)c1. The lowest BCUT2D eigenvalue weighted by molar-refractivity contribution is 0.251. The molecule has 0 aromatic heterocycles. The van der Waals surface area contributed by atoms with Gasteiger partial charge in [0.05, 0.1) is 5.71 Å². The van der Waals surface area contributed by atoms with Crippen LogP contribution in [0.2, 0.25) is 0 Å². The highest BCUT2D eigenvalue weighted by Gasteiger charge is 2.24. The number of para-hydroxylation sites is 1. The van der Waals surface area contributed by atoms with Gasteiger partial charge in [-0.3, -0.25) is 4.99 Å². The van der Waals surface area contributed by atoms with E-state index in [4.69, 9.17) is 17.2 Å². The number of benzodiazepines with no additional fused rings is 1. The van der Waals surface area contributed by atoms with Crippen molar-refractivity contribution in [2.24, 2.45) is 4.99 Å². The number of nitrogens with zero attached hydrogens (tertiary/aromatic N) is 1. The van der Waals surface area contributed by atoms with E-state index in [0.29, 0.717) is 10.7 Å². The quantitative estimate of drug-likeness (QED) is 0.557. The first-order chi connectivity index (χ1) is 14.1. The average molecular weight is 401 g/mol. The summed E-state index contributed by atoms with van der Waals surface area (Å²) in [5, 5.41) is 8.93. The van der Waals surface area contributed by atoms with E-state index < -0.39 is 6.17 Å². The maximum atomic E-state index is 12.6. The van der Waals surface area contributed by atoms with Gasteiger partial charge in [-0.2, -0.15) is 0 Å². The van der Waals surface area contributed by atoms with E-state index in [-0.39, 0.29) is 6.03 Å². The predicted molar refractivity (Wildman–Crippen MR) is 122 cm³/mol. The Morgan fingerprint density at radius 1 is 1.00 bits per heavy atom. The van der Waals surface area contributed by atoms with Crippen molar-refractivity contribution in [1.82, 2.24) is 5.32 Å². The topological polar surface area (TPSA) is 65.5 Å². The Bertz CT molecular complexity index is 1090. The molecule has 2 amide bonds. The number of anilines is 2. The first-order valence-electron chi connectivity index (χ1n) is 9.28. The van der Waals surface area contributed by atoms with Gasteiger partial charge in [-0.25, -0.2) is 4.79 Å². The highest BCUT2D eigenvalue weighted by molar-refractivity contribution is 7.80. The molecule has 0 radical (unpaired) electrons. The zero-order chi connectivity index (χ0) is 20.2. The third kappa shape index (κ3) is 4.33. The number of urea groups is 1. The van der Waals surface area contributed by atoms with E-state index in [2.05, 4.69) is 16.0 Å². The Morgan fingerprint density at radius 2 is 1.76 bits per heavy atom. The number of rotatable bonds is 3. The van der Waals surface area contributed by atoms with Crippen LogP contribution >= 0.6 is 12.2 Å². The minimum atomic E-state index is -0.697. The minimum Gasteiger partial charge on any atom is -0.346 e. The number of benzene rings is 3. The lowest BCUT2D eigenvalue weighted by atomic mass is 10.0. The maximum absolute atomic E-state index is 12.6. The smallest absolute Gasteiger partial charge is 0.321 e. The van der Waals surface area contributed by atoms with Crippen molar-refractivity contribution in [2.45, 2.75) is 13.1 Å². The van der Waals surface area contributed by atoms with Crippen LogP contribution in [0.4, 0.5) is 16.2 Å². The molecule has 1 aliphatic heterocycles. The van der Waals surface area contributed by atoms with E-state index in [1.807, 2.05) is 85.8 Å². The van der Waals surface area contributed by atoms with Gasteiger partial charge < -0.3 is 16.0 Å². The Kier molecular flexibility index (Phi) is 5.35. The summed E-state index contributed by atoms with van der Waals surface area (Å²) >= 11 is 5.54. The van der Waals surface area contributed by atoms with Crippen LogP contribution < -0.4 is 16.0 Å². The van der Waals surface area contributed by atoms with Crippen molar-refractivity contribution in [3.05, 3.63) is 95.6 Å². The number of carbonyl (C=O) groups is 1. The van der Waals surface area contributed by atoms with Crippen molar-refractivity contribution in [1.29, 1.82) is 0 Å². The second-order valence-corrected chi connectivity index (χ2v) is 7.19. The molecular formula is C23H20N4OS. The lowest BCUT2D eigenvalue weighted by Crippen LogP contribution is -2.43. The van der Waals surface area contributed by atoms with Crippen LogP contribution in [0.15, 0.2) is 83.9 Å². The predicted octanol–water partition coefficient (Wildman–Crippen LogP) is 4.73. The van der Waals surface area contributed by atoms with Crippen LogP contribution in [-0.2, 0) is 0 Å². The zero-order valence-corrected chi connectivity index (χ0v) is 16.7. The van der Waals surface area contributed by atoms with E-state index in [1.54, 1.807) is 0 Å². The van der Waals surface area contributed by atoms with Gasteiger partial charge in [0.25, 0.3) is 0 Å². The molecule has 29 heavy (non-hydrogen) atoms. The maximum Gasteiger partial charge on any atom is 0.321 e. The summed E-state index contributed by atoms with van der Waals surface area (Å²) in [5.74, 6) is 0. The van der Waals surface area contributed by atoms with Crippen molar-refractivity contribution >= 4 is 40.3 Å². The zero-order valence-electron chi connectivity index (χ0n) is 15.8. The summed E-state index contributed by atoms with van der Waals surface area (Å²) < 4.78 is 0. The number of hydrogen-bond acceptors (Lipinski definition) is 3. The molecule has 4 rings (SSSR count). The number of hydrogen-bond donors (Lipinski definition) is 3. The molecule has 144 valence electrons. The molecule has 0 unspecified atom stereocenters. The first kappa shape index (κ1) is 18.8. The van der Waals surface area contributed by atoms with E-state index in [9.17, 15) is 4.79 Å². The van der Waals surface area contributed by atoms with Crippen molar-refractivity contribution in [2.75, 3.05) is 10.6 Å². The van der Waals surface area contributed by atoms with Crippen LogP contribution in [-0.4, -0.2) is 22.9 Å². The molecule has 5 nitrogen and oxygen atoms in total. The minimum absolute atomic E-state index is 0.369. The standard InChI is InChI=1S/C23H20N4OS/c1-15-8-7-11-17(14-15)24-23(28)27-21-22(29)25-19-13-6-5-12-18(19)20(26-21)16-9-3-2-4-10-16/h2-14,21H,1H3,(H,25,29)(H2,24,27,28)/t21-/m1/s1. The van der Waals surface area contributed by atoms with Gasteiger partial charge in [-0.1, -0.05) is 72.9 Å². The van der Waals surface area contributed by atoms with Gasteiger partial charge in [0, 0.05) is 22.5 Å². The molecule has 0 saturated carbocycles. The second-order valence-electron chi connectivity index (χ2n) is 6.75. The Balaban J connectivity index is 1.64. The second kappa shape index (κ2) is 8.24. The van der Waals surface area contributed by atoms with Crippen LogP contribution in [0.5, 0.6) is 0 Å². The molecule has 1 aliphatic rings. The third-order valence-electron chi connectivity index (χ3n) is 4.54. The van der Waals surface area contributed by atoms with Gasteiger partial charge >= 0.3 is 6.03 Å². The molecule has 0 aliphatic carbocycles. The Hall–Kier alpha value is -3.51. The largest absolute Gasteiger partial charge is 0.346 e. The Labute approximate surface area is 174 Å². The number of carbonyl (C=O) groups excluding carboxylic acids is 1. The molecule has 6 heteroatoms. The highest BCUT2D eigenvalue weighted by Crippen LogP contribution is 2.24. The molecule has 1 atom stereocenters. The molecule has 0 saturated heterocycles. The van der Waals surface area contributed by atoms with Crippen LogP contribution in [0, 0.1) is 6.92 Å². The van der Waals surface area contributed by atoms with Gasteiger partial charge in [-0.05, 0) is 30.7 Å². The molecule has 0 fully saturated rings. The number of thiocarbonyl (C=S) groups is 1. The molecule has 3 N–H and O–H groups in total. The van der Waals surface area contributed by atoms with Crippen molar-refractivity contribution < 1.29 is 4.79 Å². The van der Waals surface area contributed by atoms with Gasteiger partial charge in [-0.15, -0.1) is 0 Å². The monoisotopic (exact) mass is 400 g/mol. The number of nitrogens with one attached hydrogen (secondary N) is 3. The van der Waals surface area contributed by atoms with E-state index >= 15 is 0 Å². The molecular weight excluding hydrogens is 380 g/mol. The molecule has 0 spiro atoms.